The number of esters is 1. The summed E-state index contributed by atoms with van der Waals surface area (Å²) >= 11 is 0. The van der Waals surface area contributed by atoms with E-state index in [-0.39, 0.29) is 18.6 Å². The van der Waals surface area contributed by atoms with E-state index in [0.29, 0.717) is 46.7 Å². The van der Waals surface area contributed by atoms with E-state index in [2.05, 4.69) is 25.6 Å². The number of hydrogen-bond donors (Lipinski definition) is 2. The molecule has 2 aromatic heterocycles. The van der Waals surface area contributed by atoms with Gasteiger partial charge in [-0.25, -0.2) is 24.7 Å². The van der Waals surface area contributed by atoms with Gasteiger partial charge in [0.05, 0.1) is 19.4 Å². The van der Waals surface area contributed by atoms with Crippen LogP contribution in [0, 0.1) is 0 Å². The minimum absolute atomic E-state index is 0.0611. The van der Waals surface area contributed by atoms with Gasteiger partial charge >= 0.3 is 5.97 Å². The number of rotatable bonds is 11. The maximum atomic E-state index is 12.3. The van der Waals surface area contributed by atoms with Crippen molar-refractivity contribution in [3.05, 3.63) is 65.2 Å². The van der Waals surface area contributed by atoms with Gasteiger partial charge in [-0.05, 0) is 57.4 Å². The molecule has 10 heteroatoms. The Bertz CT molecular complexity index is 1320. The molecule has 0 aliphatic heterocycles. The molecule has 0 radical (unpaired) electrons. The zero-order chi connectivity index (χ0) is 27.1. The second-order valence-corrected chi connectivity index (χ2v) is 9.18. The molecule has 38 heavy (non-hydrogen) atoms. The van der Waals surface area contributed by atoms with Crippen molar-refractivity contribution in [2.45, 2.75) is 52.1 Å². The maximum Gasteiger partial charge on any atom is 0.330 e. The molecule has 1 saturated carbocycles. The van der Waals surface area contributed by atoms with Gasteiger partial charge in [-0.2, -0.15) is 0 Å². The quantitative estimate of drug-likeness (QED) is 0.285. The standard InChI is InChI=1S/C28H32N6O4/c1-5-38-22(35)13-12-21-15-30-26(23-24(19-10-11-19)31-16-32-28(23)37-4)34-25(21)29-14-18-6-8-20(9-7-18)27(36)33-17(2)3/h6-9,12-13,15-17,19H,5,10-11,14H2,1-4H3,(H,33,36)(H,29,30,34)/b13-12+. The van der Waals surface area contributed by atoms with Gasteiger partial charge in [0.2, 0.25) is 5.88 Å². The number of methoxy groups -OCH3 is 1. The van der Waals surface area contributed by atoms with E-state index in [9.17, 15) is 9.59 Å². The minimum atomic E-state index is -0.452. The summed E-state index contributed by atoms with van der Waals surface area (Å²) in [6.07, 6.45) is 8.19. The van der Waals surface area contributed by atoms with Crippen LogP contribution in [0.4, 0.5) is 5.82 Å². The number of hydrogen-bond acceptors (Lipinski definition) is 9. The SMILES string of the molecule is CCOC(=O)/C=C/c1cnc(-c2c(OC)ncnc2C2CC2)nc1NCc1ccc(C(=O)NC(C)C)cc1. The summed E-state index contributed by atoms with van der Waals surface area (Å²) in [5.74, 6) is 1.13. The summed E-state index contributed by atoms with van der Waals surface area (Å²) in [4.78, 5) is 42.3. The molecule has 0 spiro atoms. The molecule has 0 atom stereocenters. The number of aromatic nitrogens is 4. The fraction of sp³-hybridized carbons (Fsp3) is 0.357. The average Bonchev–Trinajstić information content (AvgIpc) is 3.76. The van der Waals surface area contributed by atoms with Crippen LogP contribution in [0.25, 0.3) is 17.5 Å². The van der Waals surface area contributed by atoms with Crippen LogP contribution in [0.3, 0.4) is 0 Å². The zero-order valence-corrected chi connectivity index (χ0v) is 22.0. The Morgan fingerprint density at radius 1 is 1.13 bits per heavy atom. The zero-order valence-electron chi connectivity index (χ0n) is 22.0. The normalized spacial score (nSPS) is 13.0. The van der Waals surface area contributed by atoms with Gasteiger partial charge in [-0.1, -0.05) is 12.1 Å². The Hall–Kier alpha value is -4.34. The van der Waals surface area contributed by atoms with Crippen molar-refractivity contribution >= 4 is 23.8 Å². The Balaban J connectivity index is 1.63. The molecule has 0 bridgehead atoms. The Morgan fingerprint density at radius 2 is 1.89 bits per heavy atom. The number of carbonyl (C=O) groups excluding carboxylic acids is 2. The minimum Gasteiger partial charge on any atom is -0.480 e. The van der Waals surface area contributed by atoms with Crippen LogP contribution in [0.15, 0.2) is 42.9 Å². The molecule has 0 saturated heterocycles. The first-order chi connectivity index (χ1) is 18.4. The van der Waals surface area contributed by atoms with Gasteiger partial charge in [-0.3, -0.25) is 4.79 Å². The highest BCUT2D eigenvalue weighted by molar-refractivity contribution is 5.94. The molecule has 2 N–H and O–H groups in total. The van der Waals surface area contributed by atoms with E-state index in [4.69, 9.17) is 14.5 Å². The lowest BCUT2D eigenvalue weighted by molar-refractivity contribution is -0.137. The van der Waals surface area contributed by atoms with Gasteiger partial charge < -0.3 is 20.1 Å². The molecule has 1 fully saturated rings. The lowest BCUT2D eigenvalue weighted by atomic mass is 10.1. The highest BCUT2D eigenvalue weighted by atomic mass is 16.5. The Morgan fingerprint density at radius 3 is 2.55 bits per heavy atom. The van der Waals surface area contributed by atoms with Crippen molar-refractivity contribution in [1.29, 1.82) is 0 Å². The molecule has 1 aromatic carbocycles. The van der Waals surface area contributed by atoms with Crippen LogP contribution in [0.1, 0.15) is 66.7 Å². The summed E-state index contributed by atoms with van der Waals surface area (Å²) in [5, 5.41) is 6.23. The van der Waals surface area contributed by atoms with Gasteiger partial charge in [0, 0.05) is 41.9 Å². The van der Waals surface area contributed by atoms with E-state index < -0.39 is 5.97 Å². The van der Waals surface area contributed by atoms with Gasteiger partial charge in [0.25, 0.3) is 5.91 Å². The largest absolute Gasteiger partial charge is 0.480 e. The number of nitrogens with zero attached hydrogens (tertiary/aromatic N) is 4. The second-order valence-electron chi connectivity index (χ2n) is 9.18. The Labute approximate surface area is 221 Å². The molecular weight excluding hydrogens is 484 g/mol. The van der Waals surface area contributed by atoms with E-state index in [1.807, 2.05) is 26.0 Å². The van der Waals surface area contributed by atoms with Crippen molar-refractivity contribution in [2.24, 2.45) is 0 Å². The second kappa shape index (κ2) is 12.3. The molecule has 3 aromatic rings. The summed E-state index contributed by atoms with van der Waals surface area (Å²) in [6, 6.07) is 7.41. The maximum absolute atomic E-state index is 12.3. The molecule has 1 aliphatic rings. The molecule has 2 heterocycles. The summed E-state index contributed by atoms with van der Waals surface area (Å²) in [6.45, 7) is 6.31. The van der Waals surface area contributed by atoms with Gasteiger partial charge in [0.1, 0.15) is 17.7 Å². The number of anilines is 1. The van der Waals surface area contributed by atoms with Crippen molar-refractivity contribution in [3.8, 4) is 17.3 Å². The predicted octanol–water partition coefficient (Wildman–Crippen LogP) is 4.15. The number of ether oxygens (including phenoxy) is 2. The highest BCUT2D eigenvalue weighted by Gasteiger charge is 2.31. The van der Waals surface area contributed by atoms with Crippen LogP contribution in [0.2, 0.25) is 0 Å². The fourth-order valence-electron chi connectivity index (χ4n) is 3.84. The molecule has 1 amide bonds. The van der Waals surface area contributed by atoms with E-state index in [1.165, 1.54) is 12.4 Å². The lowest BCUT2D eigenvalue weighted by Gasteiger charge is -2.14. The van der Waals surface area contributed by atoms with Gasteiger partial charge in [0.15, 0.2) is 5.82 Å². The van der Waals surface area contributed by atoms with Crippen molar-refractivity contribution in [2.75, 3.05) is 19.0 Å². The van der Waals surface area contributed by atoms with Crippen LogP contribution >= 0.6 is 0 Å². The molecular formula is C28H32N6O4. The first-order valence-electron chi connectivity index (χ1n) is 12.6. The third-order valence-corrected chi connectivity index (χ3v) is 5.82. The smallest absolute Gasteiger partial charge is 0.330 e. The summed E-state index contributed by atoms with van der Waals surface area (Å²) in [7, 11) is 1.56. The van der Waals surface area contributed by atoms with E-state index in [0.717, 1.165) is 24.1 Å². The lowest BCUT2D eigenvalue weighted by Crippen LogP contribution is -2.30. The fourth-order valence-corrected chi connectivity index (χ4v) is 3.84. The molecule has 198 valence electrons. The van der Waals surface area contributed by atoms with E-state index >= 15 is 0 Å². The van der Waals surface area contributed by atoms with Crippen LogP contribution in [0.5, 0.6) is 5.88 Å². The van der Waals surface area contributed by atoms with Crippen molar-refractivity contribution in [3.63, 3.8) is 0 Å². The number of benzene rings is 1. The van der Waals surface area contributed by atoms with Crippen molar-refractivity contribution < 1.29 is 19.1 Å². The third kappa shape index (κ3) is 6.70. The number of amides is 1. The topological polar surface area (TPSA) is 128 Å². The molecule has 10 nitrogen and oxygen atoms in total. The van der Waals surface area contributed by atoms with Crippen LogP contribution in [-0.2, 0) is 16.1 Å². The summed E-state index contributed by atoms with van der Waals surface area (Å²) in [5.41, 5.74) is 3.69. The van der Waals surface area contributed by atoms with Crippen LogP contribution < -0.4 is 15.4 Å². The Kier molecular flexibility index (Phi) is 8.62. The predicted molar refractivity (Wildman–Crippen MR) is 144 cm³/mol. The van der Waals surface area contributed by atoms with Gasteiger partial charge in [-0.15, -0.1) is 0 Å². The first-order valence-corrected chi connectivity index (χ1v) is 12.6. The van der Waals surface area contributed by atoms with Crippen molar-refractivity contribution in [1.82, 2.24) is 25.3 Å². The third-order valence-electron chi connectivity index (χ3n) is 5.82. The first kappa shape index (κ1) is 26.7. The summed E-state index contributed by atoms with van der Waals surface area (Å²) < 4.78 is 10.5. The molecule has 0 unspecified atom stereocenters. The average molecular weight is 517 g/mol. The molecule has 4 rings (SSSR count). The highest BCUT2D eigenvalue weighted by Crippen LogP contribution is 2.45. The monoisotopic (exact) mass is 516 g/mol. The number of carbonyl (C=O) groups is 2. The molecule has 1 aliphatic carbocycles. The van der Waals surface area contributed by atoms with Crippen LogP contribution in [-0.4, -0.2) is 51.6 Å². The van der Waals surface area contributed by atoms with E-state index in [1.54, 1.807) is 38.4 Å². The number of nitrogens with one attached hydrogen (secondary N) is 2.